The van der Waals surface area contributed by atoms with Crippen LogP contribution in [0.3, 0.4) is 0 Å². The van der Waals surface area contributed by atoms with Crippen LogP contribution in [-0.2, 0) is 27.4 Å². The van der Waals surface area contributed by atoms with E-state index < -0.39 is 29.7 Å². The molecule has 0 fully saturated rings. The average Bonchev–Trinajstić information content (AvgIpc) is 3.30. The predicted octanol–water partition coefficient (Wildman–Crippen LogP) is 3.34. The lowest BCUT2D eigenvalue weighted by Gasteiger charge is -2.16. The first-order chi connectivity index (χ1) is 16.8. The third-order valence-corrected chi connectivity index (χ3v) is 6.45. The van der Waals surface area contributed by atoms with Gasteiger partial charge in [-0.1, -0.05) is 41.9 Å². The van der Waals surface area contributed by atoms with Crippen molar-refractivity contribution >= 4 is 45.9 Å². The van der Waals surface area contributed by atoms with Gasteiger partial charge in [-0.3, -0.25) is 14.2 Å². The number of carbonyl (C=O) groups excluding carboxylic acids is 2. The van der Waals surface area contributed by atoms with Gasteiger partial charge in [-0.05, 0) is 30.7 Å². The van der Waals surface area contributed by atoms with Gasteiger partial charge in [0.25, 0.3) is 5.56 Å². The van der Waals surface area contributed by atoms with Gasteiger partial charge in [0.15, 0.2) is 5.65 Å². The Labute approximate surface area is 208 Å². The first-order valence-corrected chi connectivity index (χ1v) is 11.8. The Bertz CT molecular complexity index is 1540. The molecule has 0 N–H and O–H groups in total. The fourth-order valence-electron chi connectivity index (χ4n) is 3.59. The van der Waals surface area contributed by atoms with E-state index in [1.165, 1.54) is 22.0 Å². The van der Waals surface area contributed by atoms with Crippen molar-refractivity contribution in [1.29, 1.82) is 0 Å². The van der Waals surface area contributed by atoms with E-state index in [1.54, 1.807) is 19.1 Å². The van der Waals surface area contributed by atoms with Crippen LogP contribution in [0, 0.1) is 0 Å². The van der Waals surface area contributed by atoms with E-state index in [-0.39, 0.29) is 29.7 Å². The number of hydrogen-bond donors (Lipinski definition) is 0. The summed E-state index contributed by atoms with van der Waals surface area (Å²) < 4.78 is 12.4. The van der Waals surface area contributed by atoms with Gasteiger partial charge in [0.2, 0.25) is 0 Å². The van der Waals surface area contributed by atoms with Gasteiger partial charge < -0.3 is 9.47 Å². The van der Waals surface area contributed by atoms with Gasteiger partial charge in [-0.25, -0.2) is 19.1 Å². The molecule has 0 bridgehead atoms. The maximum Gasteiger partial charge on any atom is 0.339 e. The quantitative estimate of drug-likeness (QED) is 0.348. The highest BCUT2D eigenvalue weighted by atomic mass is 35.5. The van der Waals surface area contributed by atoms with Crippen LogP contribution >= 0.6 is 22.9 Å². The highest BCUT2D eigenvalue weighted by Crippen LogP contribution is 2.32. The SMILES string of the molecule is CCOC(=O)c1cc(-c2ccc(Cl)s2)nc2c1c(=O)n(CC(=O)OC)c(=O)n2Cc1ccccc1. The van der Waals surface area contributed by atoms with Crippen molar-refractivity contribution < 1.29 is 19.1 Å². The number of methoxy groups -OCH3 is 1. The molecule has 35 heavy (non-hydrogen) atoms. The average molecular weight is 514 g/mol. The summed E-state index contributed by atoms with van der Waals surface area (Å²) in [4.78, 5) is 57.1. The lowest BCUT2D eigenvalue weighted by atomic mass is 10.1. The second kappa shape index (κ2) is 10.2. The molecule has 0 amide bonds. The molecule has 0 radical (unpaired) electrons. The molecular formula is C24H20ClN3O6S. The Morgan fingerprint density at radius 2 is 1.83 bits per heavy atom. The molecule has 0 aliphatic rings. The number of carbonyl (C=O) groups is 2. The first-order valence-electron chi connectivity index (χ1n) is 10.6. The standard InChI is InChI=1S/C24H20ClN3O6S/c1-3-34-23(31)15-11-16(17-9-10-18(25)35-17)26-21-20(15)22(30)28(13-19(29)33-2)24(32)27(21)12-14-7-5-4-6-8-14/h4-11H,3,12-13H2,1-2H3. The molecule has 4 aromatic rings. The maximum absolute atomic E-state index is 13.5. The minimum absolute atomic E-state index is 0.00459. The number of hydrogen-bond acceptors (Lipinski definition) is 8. The zero-order valence-corrected chi connectivity index (χ0v) is 20.4. The number of fused-ring (bicyclic) bond motifs is 1. The summed E-state index contributed by atoms with van der Waals surface area (Å²) in [5.41, 5.74) is -0.574. The van der Waals surface area contributed by atoms with Crippen LogP contribution in [0.25, 0.3) is 21.6 Å². The van der Waals surface area contributed by atoms with Crippen LogP contribution in [-0.4, -0.2) is 39.8 Å². The molecule has 0 aliphatic heterocycles. The van der Waals surface area contributed by atoms with Crippen LogP contribution < -0.4 is 11.2 Å². The minimum Gasteiger partial charge on any atom is -0.468 e. The largest absolute Gasteiger partial charge is 0.468 e. The smallest absolute Gasteiger partial charge is 0.339 e. The number of halogens is 1. The summed E-state index contributed by atoms with van der Waals surface area (Å²) in [5, 5.41) is -0.130. The summed E-state index contributed by atoms with van der Waals surface area (Å²) in [6.45, 7) is 1.13. The van der Waals surface area contributed by atoms with Crippen molar-refractivity contribution in [2.45, 2.75) is 20.0 Å². The molecule has 0 saturated carbocycles. The lowest BCUT2D eigenvalue weighted by Crippen LogP contribution is -2.43. The van der Waals surface area contributed by atoms with Crippen LogP contribution in [0.5, 0.6) is 0 Å². The number of ether oxygens (including phenoxy) is 2. The molecule has 3 heterocycles. The molecule has 9 nitrogen and oxygen atoms in total. The van der Waals surface area contributed by atoms with E-state index in [9.17, 15) is 19.2 Å². The Morgan fingerprint density at radius 1 is 1.09 bits per heavy atom. The molecule has 3 aromatic heterocycles. The second-order valence-corrected chi connectivity index (χ2v) is 9.11. The third kappa shape index (κ3) is 4.89. The third-order valence-electron chi connectivity index (χ3n) is 5.20. The number of aromatic nitrogens is 3. The Kier molecular flexibility index (Phi) is 7.13. The molecule has 0 aliphatic carbocycles. The molecule has 0 saturated heterocycles. The maximum atomic E-state index is 13.5. The highest BCUT2D eigenvalue weighted by Gasteiger charge is 2.24. The fraction of sp³-hybridized carbons (Fsp3) is 0.208. The zero-order valence-electron chi connectivity index (χ0n) is 18.8. The summed E-state index contributed by atoms with van der Waals surface area (Å²) >= 11 is 7.33. The van der Waals surface area contributed by atoms with Crippen molar-refractivity contribution in [3.8, 4) is 10.6 Å². The summed E-state index contributed by atoms with van der Waals surface area (Å²) in [5.74, 6) is -1.54. The lowest BCUT2D eigenvalue weighted by molar-refractivity contribution is -0.141. The molecular weight excluding hydrogens is 494 g/mol. The molecule has 0 atom stereocenters. The molecule has 180 valence electrons. The summed E-state index contributed by atoms with van der Waals surface area (Å²) in [6.07, 6.45) is 0. The molecule has 11 heteroatoms. The van der Waals surface area contributed by atoms with Crippen molar-refractivity contribution in [3.05, 3.63) is 84.8 Å². The van der Waals surface area contributed by atoms with Gasteiger partial charge >= 0.3 is 17.6 Å². The van der Waals surface area contributed by atoms with Crippen molar-refractivity contribution in [3.63, 3.8) is 0 Å². The van der Waals surface area contributed by atoms with E-state index in [0.717, 1.165) is 17.2 Å². The highest BCUT2D eigenvalue weighted by molar-refractivity contribution is 7.19. The van der Waals surface area contributed by atoms with Crippen molar-refractivity contribution in [1.82, 2.24) is 14.1 Å². The Balaban J connectivity index is 2.11. The number of thiophene rings is 1. The van der Waals surface area contributed by atoms with Crippen molar-refractivity contribution in [2.75, 3.05) is 13.7 Å². The molecule has 0 unspecified atom stereocenters. The molecule has 4 rings (SSSR count). The minimum atomic E-state index is -0.842. The van der Waals surface area contributed by atoms with Gasteiger partial charge in [0, 0.05) is 0 Å². The van der Waals surface area contributed by atoms with E-state index in [4.69, 9.17) is 16.3 Å². The van der Waals surface area contributed by atoms with Crippen molar-refractivity contribution in [2.24, 2.45) is 0 Å². The first kappa shape index (κ1) is 24.4. The predicted molar refractivity (Wildman–Crippen MR) is 132 cm³/mol. The number of esters is 2. The zero-order chi connectivity index (χ0) is 25.1. The van der Waals surface area contributed by atoms with E-state index in [0.29, 0.717) is 14.9 Å². The van der Waals surface area contributed by atoms with Crippen LogP contribution in [0.1, 0.15) is 22.8 Å². The van der Waals surface area contributed by atoms with Crippen LogP contribution in [0.2, 0.25) is 4.34 Å². The van der Waals surface area contributed by atoms with Gasteiger partial charge in [0.05, 0.1) is 46.1 Å². The second-order valence-electron chi connectivity index (χ2n) is 7.40. The number of pyridine rings is 1. The summed E-state index contributed by atoms with van der Waals surface area (Å²) in [7, 11) is 1.15. The Hall–Kier alpha value is -3.76. The summed E-state index contributed by atoms with van der Waals surface area (Å²) in [6, 6.07) is 13.9. The number of rotatable bonds is 7. The van der Waals surface area contributed by atoms with Gasteiger partial charge in [0.1, 0.15) is 6.54 Å². The molecule has 0 spiro atoms. The number of nitrogens with zero attached hydrogens (tertiary/aromatic N) is 3. The van der Waals surface area contributed by atoms with Crippen LogP contribution in [0.15, 0.2) is 58.1 Å². The molecule has 1 aromatic carbocycles. The topological polar surface area (TPSA) is 109 Å². The van der Waals surface area contributed by atoms with E-state index >= 15 is 0 Å². The van der Waals surface area contributed by atoms with Gasteiger partial charge in [-0.2, -0.15) is 0 Å². The monoisotopic (exact) mass is 513 g/mol. The van der Waals surface area contributed by atoms with Gasteiger partial charge in [-0.15, -0.1) is 11.3 Å². The van der Waals surface area contributed by atoms with Crippen LogP contribution in [0.4, 0.5) is 0 Å². The Morgan fingerprint density at radius 3 is 2.46 bits per heavy atom. The van der Waals surface area contributed by atoms with E-state index in [2.05, 4.69) is 9.72 Å². The van der Waals surface area contributed by atoms with E-state index in [1.807, 2.05) is 30.3 Å². The number of benzene rings is 1. The normalized spacial score (nSPS) is 10.9. The fourth-order valence-corrected chi connectivity index (χ4v) is 4.59.